The van der Waals surface area contributed by atoms with Gasteiger partial charge in [-0.25, -0.2) is 9.97 Å². The summed E-state index contributed by atoms with van der Waals surface area (Å²) in [6.45, 7) is 1.33. The molecule has 0 radical (unpaired) electrons. The van der Waals surface area contributed by atoms with Gasteiger partial charge in [0.15, 0.2) is 5.82 Å². The Kier molecular flexibility index (Phi) is 3.31. The number of ether oxygens (including phenoxy) is 1. The lowest BCUT2D eigenvalue weighted by atomic mass is 10.1. The Morgan fingerprint density at radius 1 is 1.32 bits per heavy atom. The summed E-state index contributed by atoms with van der Waals surface area (Å²) >= 11 is 0. The van der Waals surface area contributed by atoms with E-state index in [1.807, 2.05) is 24.3 Å². The molecule has 3 aromatic rings. The fourth-order valence-electron chi connectivity index (χ4n) is 2.92. The number of anilines is 1. The highest BCUT2D eigenvalue weighted by Gasteiger charge is 2.17. The van der Waals surface area contributed by atoms with Gasteiger partial charge in [-0.05, 0) is 25.3 Å². The van der Waals surface area contributed by atoms with Crippen LogP contribution in [0.4, 0.5) is 5.82 Å². The summed E-state index contributed by atoms with van der Waals surface area (Å²) in [6, 6.07) is 7.86. The molecule has 114 valence electrons. The number of nitrogen functional groups attached to an aromatic ring is 1. The predicted octanol–water partition coefficient (Wildman–Crippen LogP) is 2.16. The van der Waals surface area contributed by atoms with Crippen LogP contribution in [0.5, 0.6) is 0 Å². The van der Waals surface area contributed by atoms with E-state index in [1.165, 1.54) is 6.42 Å². The van der Waals surface area contributed by atoms with Crippen LogP contribution in [-0.2, 0) is 4.74 Å². The van der Waals surface area contributed by atoms with Gasteiger partial charge in [0.25, 0.3) is 0 Å². The maximum absolute atomic E-state index is 6.01. The number of pyridine rings is 1. The number of para-hydroxylation sites is 1. The third-order valence-electron chi connectivity index (χ3n) is 4.05. The van der Waals surface area contributed by atoms with E-state index in [4.69, 9.17) is 15.3 Å². The molecule has 1 aliphatic rings. The summed E-state index contributed by atoms with van der Waals surface area (Å²) in [5, 5.41) is 0.980. The second-order valence-electron chi connectivity index (χ2n) is 5.57. The minimum Gasteiger partial charge on any atom is -0.410 e. The summed E-state index contributed by atoms with van der Waals surface area (Å²) in [7, 11) is 0. The van der Waals surface area contributed by atoms with Crippen molar-refractivity contribution in [2.45, 2.75) is 25.4 Å². The van der Waals surface area contributed by atoms with Gasteiger partial charge in [0.05, 0.1) is 11.6 Å². The Hall–Kier alpha value is -2.34. The van der Waals surface area contributed by atoms with Crippen LogP contribution in [0.2, 0.25) is 0 Å². The molecule has 2 aromatic heterocycles. The number of rotatable bonds is 3. The predicted molar refractivity (Wildman–Crippen MR) is 84.5 cm³/mol. The van der Waals surface area contributed by atoms with Gasteiger partial charge >= 0.3 is 0 Å². The Labute approximate surface area is 127 Å². The first-order chi connectivity index (χ1) is 10.8. The van der Waals surface area contributed by atoms with Crippen molar-refractivity contribution in [1.29, 1.82) is 0 Å². The average molecular weight is 298 g/mol. The van der Waals surface area contributed by atoms with Crippen molar-refractivity contribution in [1.82, 2.24) is 14.7 Å². The minimum atomic E-state index is 0.150. The van der Waals surface area contributed by atoms with E-state index >= 15 is 0 Å². The van der Waals surface area contributed by atoms with E-state index in [0.717, 1.165) is 35.9 Å². The molecule has 6 nitrogen and oxygen atoms in total. The van der Waals surface area contributed by atoms with Crippen LogP contribution in [0.25, 0.3) is 21.9 Å². The number of aromatic nitrogens is 3. The van der Waals surface area contributed by atoms with Crippen LogP contribution in [0, 0.1) is 0 Å². The van der Waals surface area contributed by atoms with Gasteiger partial charge in [0.1, 0.15) is 24.0 Å². The van der Waals surface area contributed by atoms with Crippen LogP contribution in [0.1, 0.15) is 19.3 Å². The van der Waals surface area contributed by atoms with Gasteiger partial charge < -0.3 is 15.3 Å². The molecule has 6 heteroatoms. The molecule has 0 amide bonds. The molecule has 3 heterocycles. The molecular weight excluding hydrogens is 280 g/mol. The molecule has 22 heavy (non-hydrogen) atoms. The SMILES string of the molecule is Nc1nc2ccccc2c2c1ncn2OCC1CCCCO1. The van der Waals surface area contributed by atoms with Gasteiger partial charge in [0, 0.05) is 12.0 Å². The summed E-state index contributed by atoms with van der Waals surface area (Å²) in [5.41, 5.74) is 8.38. The van der Waals surface area contributed by atoms with Crippen molar-refractivity contribution in [2.24, 2.45) is 0 Å². The molecule has 0 bridgehead atoms. The number of benzene rings is 1. The first-order valence-corrected chi connectivity index (χ1v) is 7.59. The van der Waals surface area contributed by atoms with Crippen LogP contribution in [0.15, 0.2) is 30.6 Å². The van der Waals surface area contributed by atoms with Crippen molar-refractivity contribution in [3.8, 4) is 0 Å². The zero-order chi connectivity index (χ0) is 14.9. The number of hydrogen-bond acceptors (Lipinski definition) is 5. The van der Waals surface area contributed by atoms with E-state index in [9.17, 15) is 0 Å². The highest BCUT2D eigenvalue weighted by molar-refractivity contribution is 6.06. The minimum absolute atomic E-state index is 0.150. The standard InChI is InChI=1S/C16H18N4O2/c17-16-14-15(12-6-1-2-7-13(12)19-16)20(10-18-14)22-9-11-5-3-4-8-21-11/h1-2,6-7,10-11H,3-5,8-9H2,(H2,17,19). The van der Waals surface area contributed by atoms with E-state index < -0.39 is 0 Å². The summed E-state index contributed by atoms with van der Waals surface area (Å²) in [6.07, 6.45) is 5.17. The van der Waals surface area contributed by atoms with Gasteiger partial charge in [-0.2, -0.15) is 4.73 Å². The summed E-state index contributed by atoms with van der Waals surface area (Å²) in [5.74, 6) is 0.421. The second kappa shape index (κ2) is 5.46. The van der Waals surface area contributed by atoms with Crippen LogP contribution in [0.3, 0.4) is 0 Å². The Morgan fingerprint density at radius 3 is 3.09 bits per heavy atom. The van der Waals surface area contributed by atoms with Crippen molar-refractivity contribution in [3.63, 3.8) is 0 Å². The van der Waals surface area contributed by atoms with Crippen LogP contribution in [-0.4, -0.2) is 34.0 Å². The number of hydrogen-bond donors (Lipinski definition) is 1. The molecule has 0 spiro atoms. The molecule has 1 unspecified atom stereocenters. The zero-order valence-corrected chi connectivity index (χ0v) is 12.2. The largest absolute Gasteiger partial charge is 0.410 e. The van der Waals surface area contributed by atoms with Crippen LogP contribution >= 0.6 is 0 Å². The molecule has 1 fully saturated rings. The fraction of sp³-hybridized carbons (Fsp3) is 0.375. The summed E-state index contributed by atoms with van der Waals surface area (Å²) < 4.78 is 7.39. The second-order valence-corrected chi connectivity index (χ2v) is 5.57. The lowest BCUT2D eigenvalue weighted by Gasteiger charge is -2.22. The van der Waals surface area contributed by atoms with E-state index in [0.29, 0.717) is 17.9 Å². The number of fused-ring (bicyclic) bond motifs is 3. The smallest absolute Gasteiger partial charge is 0.152 e. The van der Waals surface area contributed by atoms with E-state index in [1.54, 1.807) is 11.1 Å². The molecule has 1 atom stereocenters. The highest BCUT2D eigenvalue weighted by atomic mass is 16.7. The van der Waals surface area contributed by atoms with Gasteiger partial charge in [0.2, 0.25) is 0 Å². The molecule has 0 aliphatic carbocycles. The summed E-state index contributed by atoms with van der Waals surface area (Å²) in [4.78, 5) is 14.6. The molecule has 1 saturated heterocycles. The van der Waals surface area contributed by atoms with E-state index in [2.05, 4.69) is 9.97 Å². The lowest BCUT2D eigenvalue weighted by Crippen LogP contribution is -2.29. The van der Waals surface area contributed by atoms with Gasteiger partial charge in [-0.1, -0.05) is 18.2 Å². The van der Waals surface area contributed by atoms with Crippen molar-refractivity contribution < 1.29 is 9.57 Å². The maximum atomic E-state index is 6.01. The van der Waals surface area contributed by atoms with Crippen LogP contribution < -0.4 is 10.6 Å². The fourth-order valence-corrected chi connectivity index (χ4v) is 2.92. The number of imidazole rings is 1. The molecular formula is C16H18N4O2. The van der Waals surface area contributed by atoms with Gasteiger partial charge in [-0.3, -0.25) is 0 Å². The highest BCUT2D eigenvalue weighted by Crippen LogP contribution is 2.26. The molecule has 1 aromatic carbocycles. The first-order valence-electron chi connectivity index (χ1n) is 7.59. The zero-order valence-electron chi connectivity index (χ0n) is 12.2. The quantitative estimate of drug-likeness (QED) is 0.802. The van der Waals surface area contributed by atoms with Crippen molar-refractivity contribution in [3.05, 3.63) is 30.6 Å². The monoisotopic (exact) mass is 298 g/mol. The Morgan fingerprint density at radius 2 is 2.23 bits per heavy atom. The van der Waals surface area contributed by atoms with Crippen molar-refractivity contribution in [2.75, 3.05) is 18.9 Å². The Balaban J connectivity index is 1.71. The topological polar surface area (TPSA) is 75.2 Å². The Bertz CT molecular complexity index is 808. The van der Waals surface area contributed by atoms with Crippen molar-refractivity contribution >= 4 is 27.8 Å². The normalized spacial score (nSPS) is 18.8. The first kappa shape index (κ1) is 13.3. The number of nitrogens with zero attached hydrogens (tertiary/aromatic N) is 3. The molecule has 1 aliphatic heterocycles. The van der Waals surface area contributed by atoms with Gasteiger partial charge in [-0.15, -0.1) is 0 Å². The molecule has 4 rings (SSSR count). The molecule has 0 saturated carbocycles. The number of nitrogens with two attached hydrogens (primary N) is 1. The average Bonchev–Trinajstić information content (AvgIpc) is 2.99. The van der Waals surface area contributed by atoms with E-state index in [-0.39, 0.29) is 6.10 Å². The third-order valence-corrected chi connectivity index (χ3v) is 4.05. The third kappa shape index (κ3) is 2.25. The molecule has 2 N–H and O–H groups in total. The lowest BCUT2D eigenvalue weighted by molar-refractivity contribution is -0.0420. The maximum Gasteiger partial charge on any atom is 0.152 e.